The molecule has 1 aliphatic heterocycles. The third-order valence-corrected chi connectivity index (χ3v) is 5.29. The molecule has 0 aromatic heterocycles. The number of amides is 3. The van der Waals surface area contributed by atoms with E-state index < -0.39 is 5.92 Å². The van der Waals surface area contributed by atoms with Crippen LogP contribution >= 0.6 is 0 Å². The fraction of sp³-hybridized carbons (Fsp3) is 0.318. The molecule has 7 heteroatoms. The molecule has 1 saturated heterocycles. The Hall–Kier alpha value is -3.22. The minimum Gasteiger partial charge on any atom is -0.349 e. The van der Waals surface area contributed by atoms with Crippen molar-refractivity contribution < 1.29 is 18.8 Å². The number of benzene rings is 2. The molecule has 1 aliphatic carbocycles. The maximum absolute atomic E-state index is 13.8. The van der Waals surface area contributed by atoms with Crippen LogP contribution in [0, 0.1) is 18.7 Å². The van der Waals surface area contributed by atoms with Gasteiger partial charge in [-0.05, 0) is 61.7 Å². The molecule has 1 atom stereocenters. The average molecular weight is 395 g/mol. The Labute approximate surface area is 168 Å². The molecule has 2 fully saturated rings. The third-order valence-electron chi connectivity index (χ3n) is 5.29. The fourth-order valence-electron chi connectivity index (χ4n) is 3.33. The lowest BCUT2D eigenvalue weighted by molar-refractivity contribution is -0.122. The quantitative estimate of drug-likeness (QED) is 0.817. The molecule has 2 aliphatic rings. The van der Waals surface area contributed by atoms with E-state index in [0.29, 0.717) is 22.5 Å². The van der Waals surface area contributed by atoms with Crippen molar-refractivity contribution in [1.82, 2.24) is 5.32 Å². The standard InChI is InChI=1S/C22H22FN3O3/c1-13-2-9-18(11-19(13)23)26-12-15(10-20(26)27)22(29)25-16-5-3-14(4-6-16)21(28)24-17-7-8-17/h2-6,9,11,15,17H,7-8,10,12H2,1H3,(H,24,28)(H,25,29). The highest BCUT2D eigenvalue weighted by Crippen LogP contribution is 2.27. The van der Waals surface area contributed by atoms with Crippen LogP contribution < -0.4 is 15.5 Å². The van der Waals surface area contributed by atoms with Gasteiger partial charge in [-0.2, -0.15) is 0 Å². The summed E-state index contributed by atoms with van der Waals surface area (Å²) in [6.07, 6.45) is 2.11. The van der Waals surface area contributed by atoms with E-state index >= 15 is 0 Å². The van der Waals surface area contributed by atoms with Gasteiger partial charge in [-0.1, -0.05) is 6.07 Å². The number of anilines is 2. The zero-order valence-corrected chi connectivity index (χ0v) is 16.1. The average Bonchev–Trinajstić information content (AvgIpc) is 3.43. The van der Waals surface area contributed by atoms with Gasteiger partial charge in [-0.3, -0.25) is 14.4 Å². The number of aryl methyl sites for hydroxylation is 1. The number of halogens is 1. The van der Waals surface area contributed by atoms with Crippen molar-refractivity contribution in [2.24, 2.45) is 5.92 Å². The van der Waals surface area contributed by atoms with Gasteiger partial charge in [0.05, 0.1) is 5.92 Å². The van der Waals surface area contributed by atoms with E-state index in [-0.39, 0.29) is 42.5 Å². The molecular formula is C22H22FN3O3. The van der Waals surface area contributed by atoms with E-state index in [2.05, 4.69) is 10.6 Å². The molecule has 0 spiro atoms. The van der Waals surface area contributed by atoms with Gasteiger partial charge in [0.25, 0.3) is 5.91 Å². The van der Waals surface area contributed by atoms with Crippen molar-refractivity contribution in [3.05, 3.63) is 59.4 Å². The number of rotatable bonds is 5. The Bertz CT molecular complexity index is 970. The summed E-state index contributed by atoms with van der Waals surface area (Å²) in [5, 5.41) is 5.70. The van der Waals surface area contributed by atoms with Crippen LogP contribution in [0.5, 0.6) is 0 Å². The zero-order chi connectivity index (χ0) is 20.5. The summed E-state index contributed by atoms with van der Waals surface area (Å²) in [7, 11) is 0. The first-order valence-corrected chi connectivity index (χ1v) is 9.69. The monoisotopic (exact) mass is 395 g/mol. The van der Waals surface area contributed by atoms with Crippen molar-refractivity contribution in [2.75, 3.05) is 16.8 Å². The Balaban J connectivity index is 1.37. The summed E-state index contributed by atoms with van der Waals surface area (Å²) in [6, 6.07) is 11.6. The molecule has 3 amide bonds. The van der Waals surface area contributed by atoms with Gasteiger partial charge < -0.3 is 15.5 Å². The van der Waals surface area contributed by atoms with Crippen LogP contribution in [0.25, 0.3) is 0 Å². The second-order valence-corrected chi connectivity index (χ2v) is 7.65. The van der Waals surface area contributed by atoms with Gasteiger partial charge >= 0.3 is 0 Å². The maximum Gasteiger partial charge on any atom is 0.251 e. The lowest BCUT2D eigenvalue weighted by atomic mass is 10.1. The molecule has 4 rings (SSSR count). The molecular weight excluding hydrogens is 373 g/mol. The normalized spacial score (nSPS) is 18.6. The van der Waals surface area contributed by atoms with Gasteiger partial charge in [0.1, 0.15) is 5.82 Å². The smallest absolute Gasteiger partial charge is 0.251 e. The molecule has 1 heterocycles. The van der Waals surface area contributed by atoms with E-state index in [1.54, 1.807) is 43.3 Å². The van der Waals surface area contributed by atoms with Crippen LogP contribution in [0.1, 0.15) is 35.2 Å². The molecule has 2 aromatic rings. The Morgan fingerprint density at radius 2 is 1.83 bits per heavy atom. The number of hydrogen-bond acceptors (Lipinski definition) is 3. The highest BCUT2D eigenvalue weighted by atomic mass is 19.1. The molecule has 150 valence electrons. The molecule has 2 aromatic carbocycles. The van der Waals surface area contributed by atoms with Gasteiger partial charge in [-0.15, -0.1) is 0 Å². The van der Waals surface area contributed by atoms with Crippen LogP contribution in [-0.4, -0.2) is 30.3 Å². The Morgan fingerprint density at radius 3 is 2.48 bits per heavy atom. The molecule has 1 saturated carbocycles. The SMILES string of the molecule is Cc1ccc(N2CC(C(=O)Nc3ccc(C(=O)NC4CC4)cc3)CC2=O)cc1F. The van der Waals surface area contributed by atoms with Gasteiger partial charge in [0.15, 0.2) is 0 Å². The lowest BCUT2D eigenvalue weighted by Crippen LogP contribution is -2.28. The minimum absolute atomic E-state index is 0.0726. The molecule has 29 heavy (non-hydrogen) atoms. The number of carbonyl (C=O) groups excluding carboxylic acids is 3. The maximum atomic E-state index is 13.8. The van der Waals surface area contributed by atoms with Crippen molar-refractivity contribution >= 4 is 29.1 Å². The van der Waals surface area contributed by atoms with Crippen molar-refractivity contribution in [2.45, 2.75) is 32.2 Å². The molecule has 1 unspecified atom stereocenters. The fourth-order valence-corrected chi connectivity index (χ4v) is 3.33. The number of nitrogens with one attached hydrogen (secondary N) is 2. The van der Waals surface area contributed by atoms with E-state index in [1.807, 2.05) is 0 Å². The summed E-state index contributed by atoms with van der Waals surface area (Å²) in [4.78, 5) is 38.4. The molecule has 2 N–H and O–H groups in total. The largest absolute Gasteiger partial charge is 0.349 e. The van der Waals surface area contributed by atoms with Crippen LogP contribution in [0.15, 0.2) is 42.5 Å². The first kappa shape index (κ1) is 19.1. The number of nitrogens with zero attached hydrogens (tertiary/aromatic N) is 1. The first-order valence-electron chi connectivity index (χ1n) is 9.69. The predicted octanol–water partition coefficient (Wildman–Crippen LogP) is 3.02. The van der Waals surface area contributed by atoms with Gasteiger partial charge in [-0.25, -0.2) is 4.39 Å². The Morgan fingerprint density at radius 1 is 1.10 bits per heavy atom. The van der Waals surface area contributed by atoms with Crippen molar-refractivity contribution in [3.8, 4) is 0 Å². The minimum atomic E-state index is -0.523. The van der Waals surface area contributed by atoms with Crippen molar-refractivity contribution in [3.63, 3.8) is 0 Å². The third kappa shape index (κ3) is 4.29. The van der Waals surface area contributed by atoms with Crippen LogP contribution in [0.4, 0.5) is 15.8 Å². The van der Waals surface area contributed by atoms with E-state index in [1.165, 1.54) is 11.0 Å². The first-order chi connectivity index (χ1) is 13.9. The van der Waals surface area contributed by atoms with Crippen LogP contribution in [0.2, 0.25) is 0 Å². The van der Waals surface area contributed by atoms with Crippen LogP contribution in [-0.2, 0) is 9.59 Å². The summed E-state index contributed by atoms with van der Waals surface area (Å²) in [5.74, 6) is -1.50. The number of hydrogen-bond donors (Lipinski definition) is 2. The predicted molar refractivity (Wildman–Crippen MR) is 107 cm³/mol. The highest BCUT2D eigenvalue weighted by molar-refractivity contribution is 6.03. The highest BCUT2D eigenvalue weighted by Gasteiger charge is 2.35. The molecule has 0 bridgehead atoms. The topological polar surface area (TPSA) is 78.5 Å². The second kappa shape index (κ2) is 7.66. The molecule has 6 nitrogen and oxygen atoms in total. The number of carbonyl (C=O) groups is 3. The van der Waals surface area contributed by atoms with Gasteiger partial charge in [0.2, 0.25) is 11.8 Å². The molecule has 0 radical (unpaired) electrons. The van der Waals surface area contributed by atoms with E-state index in [4.69, 9.17) is 0 Å². The van der Waals surface area contributed by atoms with Crippen molar-refractivity contribution in [1.29, 1.82) is 0 Å². The Kier molecular flexibility index (Phi) is 5.05. The van der Waals surface area contributed by atoms with E-state index in [0.717, 1.165) is 12.8 Å². The van der Waals surface area contributed by atoms with Crippen LogP contribution in [0.3, 0.4) is 0 Å². The second-order valence-electron chi connectivity index (χ2n) is 7.65. The summed E-state index contributed by atoms with van der Waals surface area (Å²) < 4.78 is 13.8. The summed E-state index contributed by atoms with van der Waals surface area (Å²) in [6.45, 7) is 1.86. The van der Waals surface area contributed by atoms with Gasteiger partial charge in [0, 0.05) is 35.9 Å². The summed E-state index contributed by atoms with van der Waals surface area (Å²) >= 11 is 0. The van der Waals surface area contributed by atoms with E-state index in [9.17, 15) is 18.8 Å². The summed E-state index contributed by atoms with van der Waals surface area (Å²) in [5.41, 5.74) is 2.06. The lowest BCUT2D eigenvalue weighted by Gasteiger charge is -2.17. The zero-order valence-electron chi connectivity index (χ0n) is 16.1.